The van der Waals surface area contributed by atoms with E-state index in [-0.39, 0.29) is 6.10 Å². The van der Waals surface area contributed by atoms with Crippen molar-refractivity contribution in [3.8, 4) is 0 Å². The lowest BCUT2D eigenvalue weighted by Gasteiger charge is -2.20. The van der Waals surface area contributed by atoms with Gasteiger partial charge in [-0.25, -0.2) is 0 Å². The number of hydrogen-bond donors (Lipinski definition) is 1. The van der Waals surface area contributed by atoms with Gasteiger partial charge in [-0.15, -0.1) is 6.58 Å². The van der Waals surface area contributed by atoms with Crippen LogP contribution in [0.1, 0.15) is 46.0 Å². The smallest absolute Gasteiger partial charge is 0.0602 e. The fourth-order valence-electron chi connectivity index (χ4n) is 1.63. The Morgan fingerprint density at radius 3 is 2.08 bits per heavy atom. The molecule has 0 bridgehead atoms. The zero-order valence-corrected chi connectivity index (χ0v) is 8.42. The fraction of sp³-hybridized carbons (Fsp3) is 0.818. The summed E-state index contributed by atoms with van der Waals surface area (Å²) in [6, 6.07) is 0. The lowest BCUT2D eigenvalue weighted by atomic mass is 9.91. The fourth-order valence-corrected chi connectivity index (χ4v) is 1.63. The van der Waals surface area contributed by atoms with Crippen molar-refractivity contribution in [1.82, 2.24) is 0 Å². The normalized spacial score (nSPS) is 13.3. The van der Waals surface area contributed by atoms with E-state index in [4.69, 9.17) is 0 Å². The van der Waals surface area contributed by atoms with Gasteiger partial charge in [-0.3, -0.25) is 0 Å². The molecule has 0 rings (SSSR count). The molecule has 0 saturated heterocycles. The minimum absolute atomic E-state index is 0.164. The largest absolute Gasteiger partial charge is 0.393 e. The summed E-state index contributed by atoms with van der Waals surface area (Å²) in [7, 11) is 0. The highest BCUT2D eigenvalue weighted by Crippen LogP contribution is 2.19. The molecule has 1 heteroatoms. The Kier molecular flexibility index (Phi) is 7.17. The Balaban J connectivity index is 3.80. The van der Waals surface area contributed by atoms with Gasteiger partial charge in [0.05, 0.1) is 6.10 Å². The number of hydrogen-bond acceptors (Lipinski definition) is 1. The lowest BCUT2D eigenvalue weighted by Crippen LogP contribution is -2.19. The maximum absolute atomic E-state index is 9.70. The van der Waals surface area contributed by atoms with E-state index in [0.717, 1.165) is 19.3 Å². The van der Waals surface area contributed by atoms with Crippen LogP contribution in [0.5, 0.6) is 0 Å². The SMILES string of the molecule is C=CCC(O)C(CCC)CCC. The molecule has 0 aromatic carbocycles. The molecule has 0 saturated carbocycles. The van der Waals surface area contributed by atoms with E-state index >= 15 is 0 Å². The first-order chi connectivity index (χ1) is 5.76. The maximum atomic E-state index is 9.70. The zero-order chi connectivity index (χ0) is 9.40. The second kappa shape index (κ2) is 7.35. The van der Waals surface area contributed by atoms with E-state index in [1.54, 1.807) is 0 Å². The highest BCUT2D eigenvalue weighted by atomic mass is 16.3. The van der Waals surface area contributed by atoms with Crippen molar-refractivity contribution < 1.29 is 5.11 Å². The summed E-state index contributed by atoms with van der Waals surface area (Å²) in [5, 5.41) is 9.70. The van der Waals surface area contributed by atoms with Crippen molar-refractivity contribution >= 4 is 0 Å². The molecule has 0 fully saturated rings. The number of rotatable bonds is 7. The van der Waals surface area contributed by atoms with Gasteiger partial charge in [0.2, 0.25) is 0 Å². The predicted octanol–water partition coefficient (Wildman–Crippen LogP) is 3.14. The van der Waals surface area contributed by atoms with Gasteiger partial charge in [0.25, 0.3) is 0 Å². The molecule has 0 heterocycles. The Labute approximate surface area is 76.5 Å². The quantitative estimate of drug-likeness (QED) is 0.582. The van der Waals surface area contributed by atoms with E-state index in [1.807, 2.05) is 6.08 Å². The van der Waals surface area contributed by atoms with Crippen LogP contribution in [-0.4, -0.2) is 11.2 Å². The summed E-state index contributed by atoms with van der Waals surface area (Å²) >= 11 is 0. The van der Waals surface area contributed by atoms with Crippen molar-refractivity contribution in [1.29, 1.82) is 0 Å². The summed E-state index contributed by atoms with van der Waals surface area (Å²) in [5.74, 6) is 0.484. The summed E-state index contributed by atoms with van der Waals surface area (Å²) < 4.78 is 0. The van der Waals surface area contributed by atoms with Crippen molar-refractivity contribution in [3.05, 3.63) is 12.7 Å². The molecule has 0 aromatic heterocycles. The molecule has 0 spiro atoms. The van der Waals surface area contributed by atoms with E-state index in [0.29, 0.717) is 5.92 Å². The molecule has 1 N–H and O–H groups in total. The second-order valence-corrected chi connectivity index (χ2v) is 3.43. The van der Waals surface area contributed by atoms with Crippen LogP contribution in [0.3, 0.4) is 0 Å². The topological polar surface area (TPSA) is 20.2 Å². The van der Waals surface area contributed by atoms with Crippen LogP contribution in [0.2, 0.25) is 0 Å². The van der Waals surface area contributed by atoms with Crippen LogP contribution in [0.15, 0.2) is 12.7 Å². The maximum Gasteiger partial charge on any atom is 0.0602 e. The molecule has 0 radical (unpaired) electrons. The third kappa shape index (κ3) is 4.55. The molecule has 1 unspecified atom stereocenters. The molecular weight excluding hydrogens is 148 g/mol. The van der Waals surface area contributed by atoms with Gasteiger partial charge in [0.15, 0.2) is 0 Å². The Bertz CT molecular complexity index is 104. The van der Waals surface area contributed by atoms with Gasteiger partial charge in [0, 0.05) is 0 Å². The Morgan fingerprint density at radius 2 is 1.75 bits per heavy atom. The van der Waals surface area contributed by atoms with Crippen molar-refractivity contribution in [2.75, 3.05) is 0 Å². The van der Waals surface area contributed by atoms with E-state index < -0.39 is 0 Å². The molecule has 12 heavy (non-hydrogen) atoms. The van der Waals surface area contributed by atoms with E-state index in [9.17, 15) is 5.11 Å². The molecule has 0 aliphatic carbocycles. The van der Waals surface area contributed by atoms with Gasteiger partial charge >= 0.3 is 0 Å². The van der Waals surface area contributed by atoms with E-state index in [2.05, 4.69) is 20.4 Å². The Hall–Kier alpha value is -0.300. The van der Waals surface area contributed by atoms with Crippen LogP contribution in [0.25, 0.3) is 0 Å². The first kappa shape index (κ1) is 11.7. The Morgan fingerprint density at radius 1 is 1.25 bits per heavy atom. The highest BCUT2D eigenvalue weighted by molar-refractivity contribution is 4.77. The lowest BCUT2D eigenvalue weighted by molar-refractivity contribution is 0.0988. The molecular formula is C11H22O. The molecule has 0 aromatic rings. The zero-order valence-electron chi connectivity index (χ0n) is 8.42. The third-order valence-electron chi connectivity index (χ3n) is 2.27. The second-order valence-electron chi connectivity index (χ2n) is 3.43. The summed E-state index contributed by atoms with van der Waals surface area (Å²) in [4.78, 5) is 0. The molecule has 1 atom stereocenters. The number of aliphatic hydroxyl groups is 1. The molecule has 1 nitrogen and oxygen atoms in total. The summed E-state index contributed by atoms with van der Waals surface area (Å²) in [5.41, 5.74) is 0. The van der Waals surface area contributed by atoms with Crippen LogP contribution < -0.4 is 0 Å². The molecule has 0 amide bonds. The first-order valence-corrected chi connectivity index (χ1v) is 5.05. The van der Waals surface area contributed by atoms with Gasteiger partial charge in [-0.2, -0.15) is 0 Å². The van der Waals surface area contributed by atoms with Crippen LogP contribution in [0, 0.1) is 5.92 Å². The van der Waals surface area contributed by atoms with Gasteiger partial charge < -0.3 is 5.11 Å². The summed E-state index contributed by atoms with van der Waals surface area (Å²) in [6.07, 6.45) is 7.00. The van der Waals surface area contributed by atoms with Crippen LogP contribution in [0.4, 0.5) is 0 Å². The molecule has 0 aliphatic rings. The highest BCUT2D eigenvalue weighted by Gasteiger charge is 2.15. The average molecular weight is 170 g/mol. The van der Waals surface area contributed by atoms with Gasteiger partial charge in [-0.1, -0.05) is 32.8 Å². The minimum Gasteiger partial charge on any atom is -0.393 e. The standard InChI is InChI=1S/C11H22O/c1-4-7-10(8-5-2)11(12)9-6-3/h6,10-12H,3-5,7-9H2,1-2H3. The first-order valence-electron chi connectivity index (χ1n) is 5.05. The van der Waals surface area contributed by atoms with Gasteiger partial charge in [0.1, 0.15) is 0 Å². The number of aliphatic hydroxyl groups excluding tert-OH is 1. The molecule has 72 valence electrons. The third-order valence-corrected chi connectivity index (χ3v) is 2.27. The van der Waals surface area contributed by atoms with Crippen molar-refractivity contribution in [2.45, 2.75) is 52.1 Å². The van der Waals surface area contributed by atoms with Crippen molar-refractivity contribution in [3.63, 3.8) is 0 Å². The predicted molar refractivity (Wildman–Crippen MR) is 54.1 cm³/mol. The van der Waals surface area contributed by atoms with Crippen LogP contribution in [-0.2, 0) is 0 Å². The van der Waals surface area contributed by atoms with Crippen LogP contribution >= 0.6 is 0 Å². The molecule has 0 aliphatic heterocycles. The summed E-state index contributed by atoms with van der Waals surface area (Å²) in [6.45, 7) is 7.98. The monoisotopic (exact) mass is 170 g/mol. The minimum atomic E-state index is -0.164. The average Bonchev–Trinajstić information content (AvgIpc) is 2.04. The van der Waals surface area contributed by atoms with Crippen molar-refractivity contribution in [2.24, 2.45) is 5.92 Å². The van der Waals surface area contributed by atoms with E-state index in [1.165, 1.54) is 12.8 Å². The van der Waals surface area contributed by atoms with Gasteiger partial charge in [-0.05, 0) is 25.2 Å².